The predicted molar refractivity (Wildman–Crippen MR) is 104 cm³/mol. The van der Waals surface area contributed by atoms with Crippen LogP contribution in [-0.2, 0) is 25.8 Å². The van der Waals surface area contributed by atoms with Crippen molar-refractivity contribution in [3.63, 3.8) is 0 Å². The van der Waals surface area contributed by atoms with E-state index in [2.05, 4.69) is 78.9 Å². The van der Waals surface area contributed by atoms with Crippen molar-refractivity contribution in [1.29, 1.82) is 0 Å². The van der Waals surface area contributed by atoms with Crippen LogP contribution < -0.4 is 0 Å². The molecule has 0 fully saturated rings. The molecule has 2 aliphatic carbocycles. The van der Waals surface area contributed by atoms with Crippen LogP contribution in [0.3, 0.4) is 0 Å². The molecule has 0 nitrogen and oxygen atoms in total. The van der Waals surface area contributed by atoms with E-state index in [4.69, 9.17) is 0 Å². The van der Waals surface area contributed by atoms with Gasteiger partial charge in [-0.2, -0.15) is 11.1 Å². The Labute approximate surface area is 172 Å². The predicted octanol–water partition coefficient (Wildman–Crippen LogP) is 6.02. The fraction of sp³-hybridized carbons (Fsp3) is 0.556. The first kappa shape index (κ1) is 30.5. The minimum Gasteiger partial charge on any atom is -0.266 e. The molecule has 0 aromatic rings. The maximum Gasteiger partial charge on any atom is 0.0213 e. The number of halogens is 2. The summed E-state index contributed by atoms with van der Waals surface area (Å²) in [5.41, 5.74) is 5.44. The van der Waals surface area contributed by atoms with Gasteiger partial charge < -0.3 is 0 Å². The summed E-state index contributed by atoms with van der Waals surface area (Å²) < 4.78 is 0. The number of hydrogen-bond acceptors (Lipinski definition) is 0. The quantitative estimate of drug-likeness (QED) is 0.268. The molecule has 0 spiro atoms. The van der Waals surface area contributed by atoms with Gasteiger partial charge in [0.25, 0.3) is 0 Å². The fourth-order valence-electron chi connectivity index (χ4n) is 1.93. The summed E-state index contributed by atoms with van der Waals surface area (Å²) in [5.74, 6) is 1.13. The van der Waals surface area contributed by atoms with Crippen LogP contribution in [-0.4, -0.2) is 9.52 Å². The van der Waals surface area contributed by atoms with Gasteiger partial charge in [-0.05, 0) is 0 Å². The van der Waals surface area contributed by atoms with Gasteiger partial charge in [0.1, 0.15) is 0 Å². The standard InChI is InChI=1S/2C8H11.C2H7Si.2ClH.Hf/c2*1-6-4-7(2)8(3)5-6;1-3-2;;;/h2*4,8H,1-3H3;3H,1-2H3;2*1H;/q2*-1;;;;. The number of rotatable bonds is 0. The van der Waals surface area contributed by atoms with Crippen molar-refractivity contribution >= 4 is 34.3 Å². The molecule has 0 amide bonds. The van der Waals surface area contributed by atoms with Crippen molar-refractivity contribution in [2.24, 2.45) is 11.8 Å². The van der Waals surface area contributed by atoms with Crippen molar-refractivity contribution in [2.75, 3.05) is 0 Å². The van der Waals surface area contributed by atoms with Gasteiger partial charge in [-0.15, -0.1) is 24.8 Å². The van der Waals surface area contributed by atoms with Gasteiger partial charge in [-0.1, -0.05) is 66.5 Å². The Bertz CT molecular complexity index is 371. The molecule has 2 atom stereocenters. The molecule has 0 aromatic carbocycles. The van der Waals surface area contributed by atoms with Crippen molar-refractivity contribution < 1.29 is 25.8 Å². The number of allylic oxidation sites excluding steroid dienone is 8. The third-order valence-electron chi connectivity index (χ3n) is 3.14. The van der Waals surface area contributed by atoms with E-state index in [9.17, 15) is 0 Å². The van der Waals surface area contributed by atoms with Crippen LogP contribution in [0.1, 0.15) is 41.5 Å². The van der Waals surface area contributed by atoms with Crippen LogP contribution in [0.2, 0.25) is 13.1 Å². The van der Waals surface area contributed by atoms with Crippen molar-refractivity contribution in [2.45, 2.75) is 54.6 Å². The van der Waals surface area contributed by atoms with Crippen LogP contribution in [0.25, 0.3) is 0 Å². The third-order valence-corrected chi connectivity index (χ3v) is 3.14. The van der Waals surface area contributed by atoms with Crippen LogP contribution in [0.4, 0.5) is 0 Å². The van der Waals surface area contributed by atoms with Gasteiger partial charge in [0.2, 0.25) is 0 Å². The SMILES string of the molecule is CC1=[C-]C(C)C(C)=C1.CC1=[C-]C(C)C(C)=C1.C[SiH]C.Cl.Cl.[Hf]. The van der Waals surface area contributed by atoms with Gasteiger partial charge in [0.05, 0.1) is 0 Å². The zero-order valence-corrected chi connectivity index (χ0v) is 21.6. The average molecular weight is 525 g/mol. The van der Waals surface area contributed by atoms with Crippen LogP contribution in [0, 0.1) is 24.0 Å². The summed E-state index contributed by atoms with van der Waals surface area (Å²) in [7, 11) is 0.750. The third kappa shape index (κ3) is 13.1. The topological polar surface area (TPSA) is 0 Å². The summed E-state index contributed by atoms with van der Waals surface area (Å²) in [6.45, 7) is 17.2. The first-order valence-electron chi connectivity index (χ1n) is 7.12. The van der Waals surface area contributed by atoms with Crippen LogP contribution >= 0.6 is 24.8 Å². The molecule has 0 N–H and O–H groups in total. The van der Waals surface area contributed by atoms with E-state index in [1.54, 1.807) is 0 Å². The maximum atomic E-state index is 3.29. The molecule has 0 saturated heterocycles. The molecule has 22 heavy (non-hydrogen) atoms. The molecule has 2 aliphatic rings. The second kappa shape index (κ2) is 16.5. The molecule has 0 aromatic heterocycles. The summed E-state index contributed by atoms with van der Waals surface area (Å²) in [6, 6.07) is 0. The zero-order valence-electron chi connectivity index (χ0n) is 15.2. The van der Waals surface area contributed by atoms with Gasteiger partial charge in [0.15, 0.2) is 0 Å². The summed E-state index contributed by atoms with van der Waals surface area (Å²) >= 11 is 0. The Hall–Kier alpha value is 0.627. The van der Waals surface area contributed by atoms with Crippen molar-refractivity contribution in [3.8, 4) is 0 Å². The zero-order chi connectivity index (χ0) is 15.0. The van der Waals surface area contributed by atoms with Crippen molar-refractivity contribution in [3.05, 3.63) is 46.6 Å². The van der Waals surface area contributed by atoms with Crippen LogP contribution in [0.5, 0.6) is 0 Å². The largest absolute Gasteiger partial charge is 0.266 e. The molecule has 0 saturated carbocycles. The molecule has 0 aliphatic heterocycles. The summed E-state index contributed by atoms with van der Waals surface area (Å²) in [4.78, 5) is 0. The monoisotopic (exact) mass is 525 g/mol. The second-order valence-electron chi connectivity index (χ2n) is 5.45. The smallest absolute Gasteiger partial charge is 0.0213 e. The Morgan fingerprint density at radius 3 is 1.05 bits per heavy atom. The number of hydrogen-bond donors (Lipinski definition) is 0. The molecule has 2 unspecified atom stereocenters. The minimum atomic E-state index is 0. The van der Waals surface area contributed by atoms with E-state index in [1.165, 1.54) is 22.3 Å². The molecule has 0 heterocycles. The fourth-order valence-corrected chi connectivity index (χ4v) is 1.93. The maximum absolute atomic E-state index is 3.29. The van der Waals surface area contributed by atoms with Gasteiger partial charge in [-0.25, -0.2) is 23.3 Å². The van der Waals surface area contributed by atoms with E-state index >= 15 is 0 Å². The van der Waals surface area contributed by atoms with E-state index in [0.717, 1.165) is 9.52 Å². The summed E-state index contributed by atoms with van der Waals surface area (Å²) in [5, 5.41) is 0. The van der Waals surface area contributed by atoms with Crippen molar-refractivity contribution in [1.82, 2.24) is 0 Å². The molecule has 4 heteroatoms. The Balaban J connectivity index is -0.000000112. The molecule has 1 radical (unpaired) electrons. The van der Waals surface area contributed by atoms with E-state index in [0.29, 0.717) is 11.8 Å². The first-order chi connectivity index (χ1) is 8.81. The normalized spacial score (nSPS) is 20.9. The molecule has 127 valence electrons. The van der Waals surface area contributed by atoms with Gasteiger partial charge in [0, 0.05) is 35.4 Å². The Morgan fingerprint density at radius 1 is 0.773 bits per heavy atom. The first-order valence-corrected chi connectivity index (χ1v) is 9.43. The second-order valence-corrected chi connectivity index (χ2v) is 6.61. The van der Waals surface area contributed by atoms with Crippen LogP contribution in [0.15, 0.2) is 34.4 Å². The molecule has 2 rings (SSSR count). The minimum absolute atomic E-state index is 0. The Kier molecular flexibility index (Phi) is 22.9. The van der Waals surface area contributed by atoms with E-state index in [1.807, 2.05) is 0 Å². The molecule has 0 bridgehead atoms. The average Bonchev–Trinajstić information content (AvgIpc) is 2.72. The van der Waals surface area contributed by atoms with E-state index < -0.39 is 0 Å². The van der Waals surface area contributed by atoms with E-state index in [-0.39, 0.29) is 50.7 Å². The summed E-state index contributed by atoms with van der Waals surface area (Å²) in [6.07, 6.45) is 11.0. The Morgan fingerprint density at radius 2 is 1.00 bits per heavy atom. The van der Waals surface area contributed by atoms with Gasteiger partial charge >= 0.3 is 0 Å². The molecular weight excluding hydrogens is 494 g/mol. The molecular formula is C18H31Cl2HfSi-2. The van der Waals surface area contributed by atoms with Gasteiger partial charge in [-0.3, -0.25) is 12.2 Å².